The minimum atomic E-state index is -0.0149. The molecular weight excluding hydrogens is 398 g/mol. The van der Waals surface area contributed by atoms with Crippen LogP contribution in [-0.2, 0) is 4.79 Å². The molecule has 1 saturated carbocycles. The zero-order valence-corrected chi connectivity index (χ0v) is 18.9. The maximum absolute atomic E-state index is 13.1. The Bertz CT molecular complexity index is 860. The summed E-state index contributed by atoms with van der Waals surface area (Å²) in [4.78, 5) is 26.3. The van der Waals surface area contributed by atoms with Gasteiger partial charge in [0.25, 0.3) is 0 Å². The highest BCUT2D eigenvalue weighted by Gasteiger charge is 2.34. The lowest BCUT2D eigenvalue weighted by atomic mass is 9.78. The van der Waals surface area contributed by atoms with Gasteiger partial charge in [-0.1, -0.05) is 31.4 Å². The summed E-state index contributed by atoms with van der Waals surface area (Å²) >= 11 is 6.13. The lowest BCUT2D eigenvalue weighted by Gasteiger charge is -2.38. The molecule has 7 heteroatoms. The first kappa shape index (κ1) is 21.6. The average molecular weight is 432 g/mol. The van der Waals surface area contributed by atoms with Crippen molar-refractivity contribution in [3.8, 4) is 0 Å². The number of carbonyl (C=O) groups is 1. The third-order valence-corrected chi connectivity index (χ3v) is 7.20. The van der Waals surface area contributed by atoms with Crippen LogP contribution in [0.1, 0.15) is 51.3 Å². The smallest absolute Gasteiger partial charge is 0.223 e. The van der Waals surface area contributed by atoms with Crippen molar-refractivity contribution < 1.29 is 4.79 Å². The number of hydrogen-bond acceptors (Lipinski definition) is 4. The fourth-order valence-electron chi connectivity index (χ4n) is 4.98. The van der Waals surface area contributed by atoms with Crippen molar-refractivity contribution in [2.45, 2.75) is 51.5 Å². The van der Waals surface area contributed by atoms with E-state index in [-0.39, 0.29) is 17.7 Å². The van der Waals surface area contributed by atoms with Crippen LogP contribution in [-0.4, -0.2) is 71.0 Å². The molecule has 2 fully saturated rings. The number of benzene rings is 1. The number of aromatic nitrogens is 2. The van der Waals surface area contributed by atoms with Gasteiger partial charge in [-0.2, -0.15) is 0 Å². The largest absolute Gasteiger partial charge is 0.354 e. The molecule has 1 aliphatic heterocycles. The van der Waals surface area contributed by atoms with Crippen LogP contribution < -0.4 is 5.32 Å². The number of fused-ring (bicyclic) bond motifs is 1. The van der Waals surface area contributed by atoms with Gasteiger partial charge in [-0.15, -0.1) is 0 Å². The topological polar surface area (TPSA) is 64.3 Å². The highest BCUT2D eigenvalue weighted by atomic mass is 35.5. The molecular formula is C23H34ClN5O. The number of carbonyl (C=O) groups excluding carboxylic acids is 1. The second kappa shape index (κ2) is 9.67. The van der Waals surface area contributed by atoms with E-state index in [1.54, 1.807) is 0 Å². The van der Waals surface area contributed by atoms with E-state index in [9.17, 15) is 4.79 Å². The van der Waals surface area contributed by atoms with Crippen molar-refractivity contribution in [1.29, 1.82) is 0 Å². The van der Waals surface area contributed by atoms with Crippen LogP contribution in [0, 0.1) is 5.92 Å². The van der Waals surface area contributed by atoms with Gasteiger partial charge >= 0.3 is 0 Å². The predicted octanol–water partition coefficient (Wildman–Crippen LogP) is 3.63. The summed E-state index contributed by atoms with van der Waals surface area (Å²) < 4.78 is 0. The summed E-state index contributed by atoms with van der Waals surface area (Å²) in [5.41, 5.74) is 1.86. The number of nitrogens with zero attached hydrogens (tertiary/aromatic N) is 3. The van der Waals surface area contributed by atoms with Crippen molar-refractivity contribution in [2.75, 3.05) is 39.3 Å². The second-order valence-electron chi connectivity index (χ2n) is 8.85. The molecule has 1 aromatic carbocycles. The average Bonchev–Trinajstić information content (AvgIpc) is 3.20. The van der Waals surface area contributed by atoms with Gasteiger partial charge in [0, 0.05) is 55.6 Å². The summed E-state index contributed by atoms with van der Waals surface area (Å²) in [6, 6.07) is 6.07. The predicted molar refractivity (Wildman–Crippen MR) is 122 cm³/mol. The van der Waals surface area contributed by atoms with Gasteiger partial charge in [0.15, 0.2) is 0 Å². The Morgan fingerprint density at radius 1 is 1.27 bits per heavy atom. The molecule has 0 bridgehead atoms. The minimum absolute atomic E-state index is 0.0149. The number of piperazine rings is 1. The third kappa shape index (κ3) is 4.82. The molecule has 164 valence electrons. The molecule has 0 unspecified atom stereocenters. The zero-order valence-electron chi connectivity index (χ0n) is 18.2. The number of aromatic amines is 1. The van der Waals surface area contributed by atoms with Crippen LogP contribution in [0.25, 0.3) is 11.0 Å². The van der Waals surface area contributed by atoms with Gasteiger partial charge < -0.3 is 15.2 Å². The maximum atomic E-state index is 13.1. The fraction of sp³-hybridized carbons (Fsp3) is 0.652. The van der Waals surface area contributed by atoms with Crippen LogP contribution in [0.5, 0.6) is 0 Å². The normalized spacial score (nSPS) is 24.8. The van der Waals surface area contributed by atoms with E-state index in [4.69, 9.17) is 16.6 Å². The summed E-state index contributed by atoms with van der Waals surface area (Å²) in [5.74, 6) is 1.24. The summed E-state index contributed by atoms with van der Waals surface area (Å²) in [6.07, 6.45) is 4.18. The van der Waals surface area contributed by atoms with Gasteiger partial charge in [0.2, 0.25) is 5.91 Å². The van der Waals surface area contributed by atoms with Gasteiger partial charge in [-0.3, -0.25) is 9.69 Å². The van der Waals surface area contributed by atoms with Gasteiger partial charge in [-0.05, 0) is 44.5 Å². The van der Waals surface area contributed by atoms with Gasteiger partial charge in [-0.25, -0.2) is 4.98 Å². The number of halogens is 1. The Balaban J connectivity index is 1.38. The first-order chi connectivity index (χ1) is 14.5. The molecule has 1 aliphatic carbocycles. The number of imidazole rings is 1. The number of likely N-dealkylation sites (N-methyl/N-ethyl adjacent to an activating group) is 1. The maximum Gasteiger partial charge on any atom is 0.223 e. The molecule has 1 amide bonds. The van der Waals surface area contributed by atoms with Crippen LogP contribution in [0.2, 0.25) is 5.02 Å². The Morgan fingerprint density at radius 3 is 2.80 bits per heavy atom. The zero-order chi connectivity index (χ0) is 21.1. The number of hydrogen-bond donors (Lipinski definition) is 2. The molecule has 2 N–H and O–H groups in total. The van der Waals surface area contributed by atoms with E-state index in [2.05, 4.69) is 33.9 Å². The molecule has 3 atom stereocenters. The van der Waals surface area contributed by atoms with Crippen LogP contribution in [0.3, 0.4) is 0 Å². The Morgan fingerprint density at radius 2 is 2.03 bits per heavy atom. The standard InChI is InChI=1S/C23H34ClN5O/c1-3-28-10-12-29(13-11-28)16(2)15-25-23(30)19-7-5-4-6-18(19)22-26-20-9-8-17(24)14-21(20)27-22/h8-9,14,16,18-19H,3-7,10-13,15H2,1-2H3,(H,25,30)(H,26,27)/t16-,18+,19-/m1/s1. The molecule has 6 nitrogen and oxygen atoms in total. The number of nitrogens with one attached hydrogen (secondary N) is 2. The summed E-state index contributed by atoms with van der Waals surface area (Å²) in [7, 11) is 0. The minimum Gasteiger partial charge on any atom is -0.354 e. The van der Waals surface area contributed by atoms with Crippen molar-refractivity contribution >= 4 is 28.5 Å². The van der Waals surface area contributed by atoms with E-state index in [0.29, 0.717) is 17.6 Å². The molecule has 1 aromatic heterocycles. The van der Waals surface area contributed by atoms with Crippen LogP contribution >= 0.6 is 11.6 Å². The van der Waals surface area contributed by atoms with Crippen molar-refractivity contribution in [1.82, 2.24) is 25.1 Å². The molecule has 2 aliphatic rings. The first-order valence-electron chi connectivity index (χ1n) is 11.4. The van der Waals surface area contributed by atoms with Crippen molar-refractivity contribution in [2.24, 2.45) is 5.92 Å². The monoisotopic (exact) mass is 431 g/mol. The molecule has 4 rings (SSSR count). The van der Waals surface area contributed by atoms with Gasteiger partial charge in [0.1, 0.15) is 5.82 Å². The van der Waals surface area contributed by atoms with E-state index >= 15 is 0 Å². The van der Waals surface area contributed by atoms with Gasteiger partial charge in [0.05, 0.1) is 11.0 Å². The lowest BCUT2D eigenvalue weighted by molar-refractivity contribution is -0.126. The lowest BCUT2D eigenvalue weighted by Crippen LogP contribution is -2.52. The summed E-state index contributed by atoms with van der Waals surface area (Å²) in [6.45, 7) is 10.7. The Hall–Kier alpha value is -1.63. The highest BCUT2D eigenvalue weighted by molar-refractivity contribution is 6.31. The molecule has 30 heavy (non-hydrogen) atoms. The molecule has 2 heterocycles. The number of H-pyrrole nitrogens is 1. The molecule has 1 saturated heterocycles. The van der Waals surface area contributed by atoms with Crippen molar-refractivity contribution in [3.05, 3.63) is 29.0 Å². The molecule has 0 radical (unpaired) electrons. The van der Waals surface area contributed by atoms with E-state index in [1.807, 2.05) is 18.2 Å². The molecule has 2 aromatic rings. The highest BCUT2D eigenvalue weighted by Crippen LogP contribution is 2.37. The quantitative estimate of drug-likeness (QED) is 0.733. The van der Waals surface area contributed by atoms with E-state index in [0.717, 1.165) is 75.3 Å². The van der Waals surface area contributed by atoms with E-state index in [1.165, 1.54) is 0 Å². The van der Waals surface area contributed by atoms with E-state index < -0.39 is 0 Å². The fourth-order valence-corrected chi connectivity index (χ4v) is 5.15. The Kier molecular flexibility index (Phi) is 6.96. The van der Waals surface area contributed by atoms with Crippen LogP contribution in [0.4, 0.5) is 0 Å². The number of rotatable bonds is 6. The Labute approximate surface area is 184 Å². The van der Waals surface area contributed by atoms with Crippen LogP contribution in [0.15, 0.2) is 18.2 Å². The first-order valence-corrected chi connectivity index (χ1v) is 11.8. The third-order valence-electron chi connectivity index (χ3n) is 6.97. The molecule has 0 spiro atoms. The second-order valence-corrected chi connectivity index (χ2v) is 9.28. The van der Waals surface area contributed by atoms with Crippen molar-refractivity contribution in [3.63, 3.8) is 0 Å². The summed E-state index contributed by atoms with van der Waals surface area (Å²) in [5, 5.41) is 3.96. The SMILES string of the molecule is CCN1CCN([C@H](C)CNC(=O)[C@@H]2CCCC[C@@H]2c2nc3ccc(Cl)cc3[nH]2)CC1. The number of amides is 1.